The second kappa shape index (κ2) is 5.99. The molecule has 0 radical (unpaired) electrons. The molecule has 0 aromatic carbocycles. The van der Waals surface area contributed by atoms with E-state index in [-0.39, 0.29) is 5.91 Å². The fourth-order valence-electron chi connectivity index (χ4n) is 2.57. The Morgan fingerprint density at radius 1 is 1.47 bits per heavy atom. The molecule has 3 nitrogen and oxygen atoms in total. The van der Waals surface area contributed by atoms with Crippen LogP contribution in [0.4, 0.5) is 0 Å². The van der Waals surface area contributed by atoms with Gasteiger partial charge in [-0.05, 0) is 25.2 Å². The number of fused-ring (bicyclic) bond motifs is 1. The van der Waals surface area contributed by atoms with Crippen LogP contribution < -0.4 is 5.43 Å². The van der Waals surface area contributed by atoms with Crippen LogP contribution in [0.1, 0.15) is 51.9 Å². The third kappa shape index (κ3) is 3.18. The second-order valence-corrected chi connectivity index (χ2v) is 5.09. The molecule has 2 aliphatic carbocycles. The van der Waals surface area contributed by atoms with Crippen LogP contribution >= 0.6 is 0 Å². The van der Waals surface area contributed by atoms with Crippen LogP contribution in [0.3, 0.4) is 0 Å². The highest BCUT2D eigenvalue weighted by Gasteiger charge is 2.37. The number of hydrazone groups is 1. The molecule has 0 saturated heterocycles. The summed E-state index contributed by atoms with van der Waals surface area (Å²) in [5.74, 6) is 1.37. The maximum absolute atomic E-state index is 11.5. The molecule has 0 aliphatic heterocycles. The van der Waals surface area contributed by atoms with Gasteiger partial charge in [-0.3, -0.25) is 4.79 Å². The topological polar surface area (TPSA) is 41.5 Å². The summed E-state index contributed by atoms with van der Waals surface area (Å²) in [6.45, 7) is 2.18. The third-order valence-corrected chi connectivity index (χ3v) is 3.74. The minimum absolute atomic E-state index is 0.0722. The van der Waals surface area contributed by atoms with Crippen LogP contribution in [0.2, 0.25) is 0 Å². The lowest BCUT2D eigenvalue weighted by Gasteiger charge is -2.31. The average molecular weight is 234 g/mol. The minimum atomic E-state index is 0.0722. The Labute approximate surface area is 103 Å². The molecule has 0 aromatic heterocycles. The quantitative estimate of drug-likeness (QED) is 0.428. The van der Waals surface area contributed by atoms with Gasteiger partial charge in [-0.2, -0.15) is 5.10 Å². The van der Waals surface area contributed by atoms with Crippen molar-refractivity contribution in [3.05, 3.63) is 12.2 Å². The maximum Gasteiger partial charge on any atom is 0.240 e. The molecule has 0 unspecified atom stereocenters. The highest BCUT2D eigenvalue weighted by atomic mass is 16.2. The van der Waals surface area contributed by atoms with E-state index in [4.69, 9.17) is 0 Å². The number of nitrogens with zero attached hydrogens (tertiary/aromatic N) is 1. The van der Waals surface area contributed by atoms with Crippen molar-refractivity contribution in [2.75, 3.05) is 0 Å². The van der Waals surface area contributed by atoms with Crippen LogP contribution in [-0.2, 0) is 4.79 Å². The van der Waals surface area contributed by atoms with E-state index < -0.39 is 0 Å². The Hall–Kier alpha value is -1.12. The molecule has 17 heavy (non-hydrogen) atoms. The van der Waals surface area contributed by atoms with Gasteiger partial charge in [-0.15, -0.1) is 0 Å². The fourth-order valence-corrected chi connectivity index (χ4v) is 2.57. The lowest BCUT2D eigenvalue weighted by molar-refractivity contribution is -0.121. The van der Waals surface area contributed by atoms with Crippen molar-refractivity contribution in [1.82, 2.24) is 5.43 Å². The number of hydrogen-bond donors (Lipinski definition) is 1. The summed E-state index contributed by atoms with van der Waals surface area (Å²) < 4.78 is 0. The van der Waals surface area contributed by atoms with E-state index in [1.54, 1.807) is 0 Å². The molecule has 2 aliphatic rings. The summed E-state index contributed by atoms with van der Waals surface area (Å²) in [6, 6.07) is 0. The lowest BCUT2D eigenvalue weighted by atomic mass is 9.74. The predicted molar refractivity (Wildman–Crippen MR) is 69.7 cm³/mol. The zero-order valence-electron chi connectivity index (χ0n) is 10.6. The van der Waals surface area contributed by atoms with E-state index in [2.05, 4.69) is 29.6 Å². The van der Waals surface area contributed by atoms with Crippen molar-refractivity contribution in [3.63, 3.8) is 0 Å². The number of allylic oxidation sites excluding steroid dienone is 2. The highest BCUT2D eigenvalue weighted by molar-refractivity contribution is 5.94. The Morgan fingerprint density at radius 2 is 2.35 bits per heavy atom. The standard InChI is InChI=1S/C14H22N2O/c1-2-3-4-5-9-14(17)16-15-13-10-11-7-6-8-12(11)13/h6-7,11-12H,2-5,8-10H2,1H3,(H,16,17)/b15-13+/t11-,12-/m0/s1. The van der Waals surface area contributed by atoms with Crippen molar-refractivity contribution in [2.24, 2.45) is 16.9 Å². The normalized spacial score (nSPS) is 27.9. The minimum Gasteiger partial charge on any atom is -0.273 e. The number of carbonyl (C=O) groups is 1. The number of amides is 1. The second-order valence-electron chi connectivity index (χ2n) is 5.09. The highest BCUT2D eigenvalue weighted by Crippen LogP contribution is 2.39. The third-order valence-electron chi connectivity index (χ3n) is 3.74. The summed E-state index contributed by atoms with van der Waals surface area (Å²) in [7, 11) is 0. The summed E-state index contributed by atoms with van der Waals surface area (Å²) in [5.41, 5.74) is 3.88. The van der Waals surface area contributed by atoms with Crippen LogP contribution in [0, 0.1) is 11.8 Å². The largest absolute Gasteiger partial charge is 0.273 e. The van der Waals surface area contributed by atoms with Crippen molar-refractivity contribution in [2.45, 2.75) is 51.9 Å². The summed E-state index contributed by atoms with van der Waals surface area (Å²) in [4.78, 5) is 11.5. The van der Waals surface area contributed by atoms with Gasteiger partial charge < -0.3 is 0 Å². The van der Waals surface area contributed by atoms with Gasteiger partial charge in [-0.25, -0.2) is 5.43 Å². The number of carbonyl (C=O) groups excluding carboxylic acids is 1. The Bertz CT molecular complexity index is 333. The molecule has 94 valence electrons. The monoisotopic (exact) mass is 234 g/mol. The van der Waals surface area contributed by atoms with E-state index in [1.165, 1.54) is 18.6 Å². The van der Waals surface area contributed by atoms with Gasteiger partial charge in [0, 0.05) is 18.1 Å². The van der Waals surface area contributed by atoms with Gasteiger partial charge in [0.05, 0.1) is 0 Å². The molecule has 3 heteroatoms. The zero-order chi connectivity index (χ0) is 12.1. The van der Waals surface area contributed by atoms with Gasteiger partial charge in [0.25, 0.3) is 0 Å². The van der Waals surface area contributed by atoms with Crippen molar-refractivity contribution in [3.8, 4) is 0 Å². The van der Waals surface area contributed by atoms with Gasteiger partial charge in [0.15, 0.2) is 0 Å². The molecule has 1 saturated carbocycles. The summed E-state index contributed by atoms with van der Waals surface area (Å²) in [6.07, 6.45) is 11.8. The van der Waals surface area contributed by atoms with Gasteiger partial charge in [-0.1, -0.05) is 38.3 Å². The molecule has 2 atom stereocenters. The van der Waals surface area contributed by atoms with Crippen LogP contribution in [0.25, 0.3) is 0 Å². The van der Waals surface area contributed by atoms with E-state index in [0.717, 1.165) is 25.7 Å². The molecular weight excluding hydrogens is 212 g/mol. The van der Waals surface area contributed by atoms with Gasteiger partial charge >= 0.3 is 0 Å². The zero-order valence-corrected chi connectivity index (χ0v) is 10.6. The maximum atomic E-state index is 11.5. The van der Waals surface area contributed by atoms with Crippen molar-refractivity contribution < 1.29 is 4.79 Å². The Kier molecular flexibility index (Phi) is 4.35. The molecular formula is C14H22N2O. The van der Waals surface area contributed by atoms with E-state index in [9.17, 15) is 4.79 Å². The molecule has 1 N–H and O–H groups in total. The number of rotatable bonds is 6. The fraction of sp³-hybridized carbons (Fsp3) is 0.714. The lowest BCUT2D eigenvalue weighted by Crippen LogP contribution is -2.35. The first kappa shape index (κ1) is 12.3. The van der Waals surface area contributed by atoms with Crippen LogP contribution in [0.5, 0.6) is 0 Å². The number of hydrogen-bond acceptors (Lipinski definition) is 2. The average Bonchev–Trinajstić information content (AvgIpc) is 2.67. The molecule has 1 amide bonds. The predicted octanol–water partition coefficient (Wildman–Crippen LogP) is 3.03. The Balaban J connectivity index is 1.61. The van der Waals surface area contributed by atoms with E-state index in [1.807, 2.05) is 0 Å². The SMILES string of the molecule is CCCCCCC(=O)N/N=C1\C[C@@H]2C=CC[C@H]12. The molecule has 0 bridgehead atoms. The van der Waals surface area contributed by atoms with Crippen LogP contribution in [-0.4, -0.2) is 11.6 Å². The first-order valence-electron chi connectivity index (χ1n) is 6.83. The smallest absolute Gasteiger partial charge is 0.240 e. The number of unbranched alkanes of at least 4 members (excludes halogenated alkanes) is 3. The summed E-state index contributed by atoms with van der Waals surface area (Å²) >= 11 is 0. The van der Waals surface area contributed by atoms with Gasteiger partial charge in [0.2, 0.25) is 5.91 Å². The molecule has 0 aromatic rings. The van der Waals surface area contributed by atoms with Gasteiger partial charge in [0.1, 0.15) is 0 Å². The van der Waals surface area contributed by atoms with Crippen molar-refractivity contribution in [1.29, 1.82) is 0 Å². The molecule has 1 fully saturated rings. The molecule has 2 rings (SSSR count). The Morgan fingerprint density at radius 3 is 3.12 bits per heavy atom. The van der Waals surface area contributed by atoms with Crippen molar-refractivity contribution >= 4 is 11.6 Å². The van der Waals surface area contributed by atoms with Crippen LogP contribution in [0.15, 0.2) is 17.3 Å². The number of nitrogens with one attached hydrogen (secondary N) is 1. The van der Waals surface area contributed by atoms with E-state index in [0.29, 0.717) is 18.3 Å². The molecule has 0 heterocycles. The molecule has 0 spiro atoms. The van der Waals surface area contributed by atoms with E-state index >= 15 is 0 Å². The summed E-state index contributed by atoms with van der Waals surface area (Å²) in [5, 5.41) is 4.25. The first-order valence-corrected chi connectivity index (χ1v) is 6.83. The first-order chi connectivity index (χ1) is 8.31.